The molecule has 39 heavy (non-hydrogen) atoms. The average Bonchev–Trinajstić information content (AvgIpc) is 3.15. The summed E-state index contributed by atoms with van der Waals surface area (Å²) in [4.78, 5) is 12.5. The Morgan fingerprint density at radius 1 is 1.13 bits per heavy atom. The molecule has 0 fully saturated rings. The van der Waals surface area contributed by atoms with Crippen molar-refractivity contribution in [2.75, 3.05) is 17.7 Å². The second kappa shape index (κ2) is 11.1. The molecule has 0 saturated heterocycles. The predicted molar refractivity (Wildman–Crippen MR) is 146 cm³/mol. The molecule has 3 aromatic rings. The maximum absolute atomic E-state index is 13.5. The monoisotopic (exact) mass is 563 g/mol. The highest BCUT2D eigenvalue weighted by Crippen LogP contribution is 2.33. The molecule has 1 unspecified atom stereocenters. The molecule has 1 atom stereocenters. The van der Waals surface area contributed by atoms with E-state index in [-0.39, 0.29) is 29.5 Å². The number of halogens is 3. The number of nitrogen functional groups attached to an aromatic ring is 1. The normalized spacial score (nSPS) is 13.4. The molecule has 12 heteroatoms. The first-order chi connectivity index (χ1) is 18.0. The van der Waals surface area contributed by atoms with Gasteiger partial charge < -0.3 is 25.5 Å². The molecule has 0 bridgehead atoms. The maximum atomic E-state index is 13.5. The summed E-state index contributed by atoms with van der Waals surface area (Å²) in [5.41, 5.74) is 5.12. The Morgan fingerprint density at radius 3 is 2.36 bits per heavy atom. The number of nitrogens with zero attached hydrogens (tertiary/aromatic N) is 1. The number of esters is 1. The van der Waals surface area contributed by atoms with E-state index in [1.165, 1.54) is 12.1 Å². The van der Waals surface area contributed by atoms with Crippen molar-refractivity contribution in [2.24, 2.45) is 5.41 Å². The molecular formula is C27H32F3N5O3S. The Labute approximate surface area is 229 Å². The summed E-state index contributed by atoms with van der Waals surface area (Å²) < 4.78 is 52.7. The van der Waals surface area contributed by atoms with Crippen molar-refractivity contribution in [3.05, 3.63) is 76.8 Å². The van der Waals surface area contributed by atoms with Gasteiger partial charge in [0.15, 0.2) is 5.11 Å². The first-order valence-corrected chi connectivity index (χ1v) is 12.4. The Kier molecular flexibility index (Phi) is 8.49. The maximum Gasteiger partial charge on any atom is 0.416 e. The largest absolute Gasteiger partial charge is 0.462 e. The second-order valence-electron chi connectivity index (χ2n) is 10.5. The van der Waals surface area contributed by atoms with Gasteiger partial charge in [-0.15, -0.1) is 0 Å². The molecule has 0 radical (unpaired) electrons. The van der Waals surface area contributed by atoms with Gasteiger partial charge in [-0.1, -0.05) is 24.3 Å². The minimum Gasteiger partial charge on any atom is -0.462 e. The molecule has 0 aliphatic carbocycles. The summed E-state index contributed by atoms with van der Waals surface area (Å²) in [6.45, 7) is 8.37. The number of oxazole rings is 1. The highest BCUT2D eigenvalue weighted by Gasteiger charge is 2.36. The number of thiocarbonyl (C=S) groups is 1. The van der Waals surface area contributed by atoms with Gasteiger partial charge in [-0.05, 0) is 76.2 Å². The van der Waals surface area contributed by atoms with E-state index in [9.17, 15) is 18.0 Å². The summed E-state index contributed by atoms with van der Waals surface area (Å²) in [7, 11) is 0. The third-order valence-corrected chi connectivity index (χ3v) is 6.17. The van der Waals surface area contributed by atoms with Crippen LogP contribution in [0.4, 0.5) is 24.5 Å². The number of carbonyl (C=O) groups excluding carboxylic acids is 1. The molecule has 0 amide bonds. The van der Waals surface area contributed by atoms with Gasteiger partial charge in [0.25, 0.3) is 5.68 Å². The number of hydrogen-bond donors (Lipinski definition) is 4. The van der Waals surface area contributed by atoms with E-state index in [4.69, 9.17) is 32.5 Å². The van der Waals surface area contributed by atoms with Crippen molar-refractivity contribution in [3.8, 4) is 0 Å². The van der Waals surface area contributed by atoms with Crippen LogP contribution in [0, 0.1) is 17.7 Å². The molecule has 1 heterocycles. The van der Waals surface area contributed by atoms with E-state index in [0.717, 1.165) is 12.1 Å². The first kappa shape index (κ1) is 29.8. The molecule has 8 nitrogen and oxygen atoms in total. The Hall–Kier alpha value is -3.80. The number of carbonyl (C=O) groups is 1. The number of alkyl halides is 3. The smallest absolute Gasteiger partial charge is 0.416 e. The molecule has 5 N–H and O–H groups in total. The van der Waals surface area contributed by atoms with Gasteiger partial charge in [-0.25, -0.2) is 0 Å². The highest BCUT2D eigenvalue weighted by molar-refractivity contribution is 7.80. The van der Waals surface area contributed by atoms with Crippen LogP contribution in [0.1, 0.15) is 50.1 Å². The fourth-order valence-corrected chi connectivity index (χ4v) is 4.07. The Bertz CT molecular complexity index is 1420. The minimum atomic E-state index is -4.56. The number of rotatable bonds is 7. The number of anilines is 2. The van der Waals surface area contributed by atoms with Crippen LogP contribution >= 0.6 is 12.2 Å². The van der Waals surface area contributed by atoms with Crippen molar-refractivity contribution in [2.45, 2.75) is 52.9 Å². The van der Waals surface area contributed by atoms with Crippen LogP contribution in [0.5, 0.6) is 0 Å². The Morgan fingerprint density at radius 2 is 1.77 bits per heavy atom. The number of nitrogens with two attached hydrogens (primary N) is 1. The lowest BCUT2D eigenvalue weighted by molar-refractivity contribution is -0.155. The summed E-state index contributed by atoms with van der Waals surface area (Å²) in [6, 6.07) is 10.0. The van der Waals surface area contributed by atoms with Gasteiger partial charge in [0, 0.05) is 6.20 Å². The molecule has 0 aliphatic heterocycles. The summed E-state index contributed by atoms with van der Waals surface area (Å²) in [5.74, 6) is 0.0679. The van der Waals surface area contributed by atoms with Crippen LogP contribution in [0.2, 0.25) is 0 Å². The van der Waals surface area contributed by atoms with Crippen molar-refractivity contribution in [1.82, 2.24) is 9.88 Å². The molecule has 0 saturated carbocycles. The number of nitrogens with one attached hydrogen (secondary N) is 3. The summed E-state index contributed by atoms with van der Waals surface area (Å²) in [5, 5.41) is 14.0. The quantitative estimate of drug-likeness (QED) is 0.175. The zero-order valence-electron chi connectivity index (χ0n) is 22.3. The number of aryl methyl sites for hydroxylation is 1. The van der Waals surface area contributed by atoms with Crippen molar-refractivity contribution in [1.29, 1.82) is 5.41 Å². The number of para-hydroxylation sites is 1. The van der Waals surface area contributed by atoms with Crippen LogP contribution < -0.4 is 22.1 Å². The van der Waals surface area contributed by atoms with Crippen molar-refractivity contribution < 1.29 is 27.1 Å². The number of benzene rings is 2. The fourth-order valence-electron chi connectivity index (χ4n) is 3.74. The van der Waals surface area contributed by atoms with Crippen molar-refractivity contribution in [3.63, 3.8) is 0 Å². The summed E-state index contributed by atoms with van der Waals surface area (Å²) >= 11 is 5.51. The van der Waals surface area contributed by atoms with E-state index in [1.807, 2.05) is 0 Å². The number of aromatic nitrogens is 1. The van der Waals surface area contributed by atoms with Gasteiger partial charge in [-0.3, -0.25) is 14.8 Å². The van der Waals surface area contributed by atoms with E-state index in [1.54, 1.807) is 63.6 Å². The topological polar surface area (TPSA) is 118 Å². The van der Waals surface area contributed by atoms with Crippen LogP contribution in [-0.4, -0.2) is 22.3 Å². The number of ether oxygens (including phenoxy) is 1. The van der Waals surface area contributed by atoms with Crippen LogP contribution in [-0.2, 0) is 27.8 Å². The van der Waals surface area contributed by atoms with Gasteiger partial charge in [0.05, 0.1) is 34.4 Å². The molecule has 210 valence electrons. The second-order valence-corrected chi connectivity index (χ2v) is 10.9. The highest BCUT2D eigenvalue weighted by atomic mass is 32.1. The van der Waals surface area contributed by atoms with Crippen LogP contribution in [0.15, 0.2) is 53.1 Å². The van der Waals surface area contributed by atoms with E-state index in [0.29, 0.717) is 22.7 Å². The first-order valence-electron chi connectivity index (χ1n) is 12.0. The Balaban J connectivity index is 1.88. The minimum absolute atomic E-state index is 0.0240. The van der Waals surface area contributed by atoms with E-state index in [2.05, 4.69) is 10.6 Å². The standard InChI is InChI=1S/C27H32F3N5O3S/c1-16-13-35(23(32)38-16)14-17-8-6-11-20(21(17)31)33-24(39)34-26(5,15-37-22(36)25(2,3)4)18-9-7-10-19(12-18)27(28,29)30/h6-13,32H,14-15,31H2,1-5H3,(H2,33,34,39). The van der Waals surface area contributed by atoms with Gasteiger partial charge >= 0.3 is 12.1 Å². The molecule has 0 spiro atoms. The number of hydrogen-bond acceptors (Lipinski definition) is 6. The van der Waals surface area contributed by atoms with Crippen molar-refractivity contribution >= 4 is 34.7 Å². The fraction of sp³-hybridized carbons (Fsp3) is 0.370. The summed E-state index contributed by atoms with van der Waals surface area (Å²) in [6.07, 6.45) is -2.87. The molecule has 1 aromatic heterocycles. The zero-order valence-corrected chi connectivity index (χ0v) is 23.1. The van der Waals surface area contributed by atoms with Crippen LogP contribution in [0.3, 0.4) is 0 Å². The van der Waals surface area contributed by atoms with Gasteiger partial charge in [0.2, 0.25) is 0 Å². The lowest BCUT2D eigenvalue weighted by atomic mass is 9.91. The third kappa shape index (κ3) is 7.41. The molecule has 3 rings (SSSR count). The SMILES string of the molecule is Cc1cn(Cc2cccc(NC(=S)NC(C)(COC(=O)C(C)(C)C)c3cccc(C(F)(F)F)c3)c2N)c(=N)o1. The van der Waals surface area contributed by atoms with E-state index < -0.39 is 28.7 Å². The zero-order chi connectivity index (χ0) is 29.2. The molecule has 2 aromatic carbocycles. The van der Waals surface area contributed by atoms with E-state index >= 15 is 0 Å². The van der Waals surface area contributed by atoms with Crippen LogP contribution in [0.25, 0.3) is 0 Å². The lowest BCUT2D eigenvalue weighted by Gasteiger charge is -2.33. The van der Waals surface area contributed by atoms with Gasteiger partial charge in [0.1, 0.15) is 12.4 Å². The third-order valence-electron chi connectivity index (χ3n) is 5.96. The van der Waals surface area contributed by atoms with Gasteiger partial charge in [-0.2, -0.15) is 13.2 Å². The predicted octanol–water partition coefficient (Wildman–Crippen LogP) is 5.31. The lowest BCUT2D eigenvalue weighted by Crippen LogP contribution is -2.49. The molecule has 0 aliphatic rings. The average molecular weight is 564 g/mol. The molecular weight excluding hydrogens is 531 g/mol.